The van der Waals surface area contributed by atoms with Gasteiger partial charge in [0.2, 0.25) is 0 Å². The Hall–Kier alpha value is -1.39. The molecule has 0 aliphatic rings. The number of halogens is 2. The first-order valence-electron chi connectivity index (χ1n) is 5.88. The lowest BCUT2D eigenvalue weighted by Crippen LogP contribution is -2.13. The second-order valence-electron chi connectivity index (χ2n) is 4.37. The molecule has 2 N–H and O–H groups in total. The van der Waals surface area contributed by atoms with Crippen molar-refractivity contribution in [2.24, 2.45) is 5.73 Å². The van der Waals surface area contributed by atoms with Crippen LogP contribution < -0.4 is 10.5 Å². The standard InChI is InChI=1S/C15H15BrFNO/c1-9-7-10(3-6-13(9)16)15(18)12-5-4-11(19-2)8-14(12)17/h3-8,15H,18H2,1-2H3. The predicted molar refractivity (Wildman–Crippen MR) is 77.9 cm³/mol. The van der Waals surface area contributed by atoms with Crippen LogP contribution in [0.15, 0.2) is 40.9 Å². The summed E-state index contributed by atoms with van der Waals surface area (Å²) in [7, 11) is 1.51. The lowest BCUT2D eigenvalue weighted by Gasteiger charge is -2.15. The molecule has 19 heavy (non-hydrogen) atoms. The van der Waals surface area contributed by atoms with Crippen LogP contribution in [0.3, 0.4) is 0 Å². The minimum Gasteiger partial charge on any atom is -0.497 e. The van der Waals surface area contributed by atoms with E-state index in [2.05, 4.69) is 15.9 Å². The highest BCUT2D eigenvalue weighted by atomic mass is 79.9. The van der Waals surface area contributed by atoms with Gasteiger partial charge < -0.3 is 10.5 Å². The Morgan fingerprint density at radius 3 is 2.53 bits per heavy atom. The summed E-state index contributed by atoms with van der Waals surface area (Å²) in [6.07, 6.45) is 0. The highest BCUT2D eigenvalue weighted by molar-refractivity contribution is 9.10. The van der Waals surface area contributed by atoms with E-state index < -0.39 is 6.04 Å². The molecule has 0 aliphatic heterocycles. The van der Waals surface area contributed by atoms with Crippen molar-refractivity contribution in [3.63, 3.8) is 0 Å². The van der Waals surface area contributed by atoms with Gasteiger partial charge in [-0.1, -0.05) is 34.1 Å². The molecule has 2 aromatic rings. The third-order valence-corrected chi connectivity index (χ3v) is 3.97. The smallest absolute Gasteiger partial charge is 0.132 e. The number of rotatable bonds is 3. The Bertz CT molecular complexity index is 601. The van der Waals surface area contributed by atoms with E-state index >= 15 is 0 Å². The van der Waals surface area contributed by atoms with Gasteiger partial charge in [0.05, 0.1) is 13.2 Å². The van der Waals surface area contributed by atoms with Crippen LogP contribution in [0, 0.1) is 12.7 Å². The molecule has 0 fully saturated rings. The third kappa shape index (κ3) is 2.96. The lowest BCUT2D eigenvalue weighted by atomic mass is 9.98. The Labute approximate surface area is 120 Å². The molecular weight excluding hydrogens is 309 g/mol. The zero-order chi connectivity index (χ0) is 14.0. The third-order valence-electron chi connectivity index (χ3n) is 3.08. The summed E-state index contributed by atoms with van der Waals surface area (Å²) in [6, 6.07) is 10.0. The zero-order valence-electron chi connectivity index (χ0n) is 10.8. The predicted octanol–water partition coefficient (Wildman–Crippen LogP) is 3.95. The molecule has 0 saturated heterocycles. The molecular formula is C15H15BrFNO. The normalized spacial score (nSPS) is 12.3. The number of aryl methyl sites for hydroxylation is 1. The van der Waals surface area contributed by atoms with E-state index in [9.17, 15) is 4.39 Å². The van der Waals surface area contributed by atoms with Gasteiger partial charge in [-0.15, -0.1) is 0 Å². The van der Waals surface area contributed by atoms with Gasteiger partial charge in [-0.2, -0.15) is 0 Å². The number of ether oxygens (including phenoxy) is 1. The van der Waals surface area contributed by atoms with Crippen molar-refractivity contribution in [1.82, 2.24) is 0 Å². The summed E-state index contributed by atoms with van der Waals surface area (Å²) >= 11 is 3.44. The summed E-state index contributed by atoms with van der Waals surface area (Å²) in [6.45, 7) is 1.98. The summed E-state index contributed by atoms with van der Waals surface area (Å²) in [5, 5.41) is 0. The van der Waals surface area contributed by atoms with Gasteiger partial charge >= 0.3 is 0 Å². The minimum absolute atomic E-state index is 0.354. The van der Waals surface area contributed by atoms with Crippen molar-refractivity contribution in [3.05, 3.63) is 63.4 Å². The fraction of sp³-hybridized carbons (Fsp3) is 0.200. The molecule has 0 heterocycles. The van der Waals surface area contributed by atoms with Crippen LogP contribution in [0.5, 0.6) is 5.75 Å². The molecule has 0 saturated carbocycles. The lowest BCUT2D eigenvalue weighted by molar-refractivity contribution is 0.410. The van der Waals surface area contributed by atoms with Crippen LogP contribution in [0.1, 0.15) is 22.7 Å². The Balaban J connectivity index is 2.38. The Morgan fingerprint density at radius 2 is 1.95 bits per heavy atom. The van der Waals surface area contributed by atoms with E-state index in [1.165, 1.54) is 13.2 Å². The molecule has 100 valence electrons. The van der Waals surface area contributed by atoms with Crippen molar-refractivity contribution in [2.45, 2.75) is 13.0 Å². The molecule has 2 rings (SSSR count). The van der Waals surface area contributed by atoms with Gasteiger partial charge in [0.15, 0.2) is 0 Å². The monoisotopic (exact) mass is 323 g/mol. The van der Waals surface area contributed by atoms with Gasteiger partial charge in [-0.3, -0.25) is 0 Å². The van der Waals surface area contributed by atoms with Crippen molar-refractivity contribution < 1.29 is 9.13 Å². The van der Waals surface area contributed by atoms with E-state index in [4.69, 9.17) is 10.5 Å². The molecule has 1 atom stereocenters. The minimum atomic E-state index is -0.488. The second-order valence-corrected chi connectivity index (χ2v) is 5.23. The largest absolute Gasteiger partial charge is 0.497 e. The van der Waals surface area contributed by atoms with Crippen LogP contribution >= 0.6 is 15.9 Å². The van der Waals surface area contributed by atoms with Crippen LogP contribution in [0.4, 0.5) is 4.39 Å². The molecule has 0 spiro atoms. The van der Waals surface area contributed by atoms with Crippen LogP contribution in [0.25, 0.3) is 0 Å². The molecule has 0 aliphatic carbocycles. The quantitative estimate of drug-likeness (QED) is 0.928. The van der Waals surface area contributed by atoms with Gasteiger partial charge in [0.25, 0.3) is 0 Å². The molecule has 4 heteroatoms. The summed E-state index contributed by atoms with van der Waals surface area (Å²) in [5.41, 5.74) is 8.54. The van der Waals surface area contributed by atoms with Crippen molar-refractivity contribution in [1.29, 1.82) is 0 Å². The highest BCUT2D eigenvalue weighted by Gasteiger charge is 2.15. The topological polar surface area (TPSA) is 35.2 Å². The maximum absolute atomic E-state index is 14.0. The number of hydrogen-bond donors (Lipinski definition) is 1. The van der Waals surface area contributed by atoms with Crippen LogP contribution in [-0.4, -0.2) is 7.11 Å². The molecule has 0 amide bonds. The second kappa shape index (κ2) is 5.72. The average Bonchev–Trinajstić information content (AvgIpc) is 2.41. The Kier molecular flexibility index (Phi) is 4.22. The van der Waals surface area contributed by atoms with E-state index in [1.54, 1.807) is 12.1 Å². The van der Waals surface area contributed by atoms with Gasteiger partial charge in [-0.25, -0.2) is 4.39 Å². The van der Waals surface area contributed by atoms with Gasteiger partial charge in [0, 0.05) is 16.1 Å². The first-order valence-corrected chi connectivity index (χ1v) is 6.67. The fourth-order valence-corrected chi connectivity index (χ4v) is 2.17. The maximum Gasteiger partial charge on any atom is 0.132 e. The van der Waals surface area contributed by atoms with Gasteiger partial charge in [-0.05, 0) is 30.2 Å². The summed E-state index contributed by atoms with van der Waals surface area (Å²) < 4.78 is 20.0. The van der Waals surface area contributed by atoms with E-state index in [-0.39, 0.29) is 5.82 Å². The molecule has 2 aromatic carbocycles. The number of benzene rings is 2. The SMILES string of the molecule is COc1ccc(C(N)c2ccc(Br)c(C)c2)c(F)c1. The van der Waals surface area contributed by atoms with Crippen LogP contribution in [-0.2, 0) is 0 Å². The van der Waals surface area contributed by atoms with Crippen molar-refractivity contribution in [3.8, 4) is 5.75 Å². The van der Waals surface area contributed by atoms with Gasteiger partial charge in [0.1, 0.15) is 11.6 Å². The molecule has 2 nitrogen and oxygen atoms in total. The van der Waals surface area contributed by atoms with Crippen molar-refractivity contribution >= 4 is 15.9 Å². The van der Waals surface area contributed by atoms with E-state index in [0.717, 1.165) is 15.6 Å². The van der Waals surface area contributed by atoms with Crippen LogP contribution in [0.2, 0.25) is 0 Å². The molecule has 1 unspecified atom stereocenters. The van der Waals surface area contributed by atoms with Crippen molar-refractivity contribution in [2.75, 3.05) is 7.11 Å². The Morgan fingerprint density at radius 1 is 1.21 bits per heavy atom. The average molecular weight is 324 g/mol. The van der Waals surface area contributed by atoms with E-state index in [0.29, 0.717) is 11.3 Å². The molecule has 0 aromatic heterocycles. The summed E-state index contributed by atoms with van der Waals surface area (Å²) in [4.78, 5) is 0. The van der Waals surface area contributed by atoms with E-state index in [1.807, 2.05) is 25.1 Å². The molecule has 0 radical (unpaired) electrons. The first-order chi connectivity index (χ1) is 9.02. The number of hydrogen-bond acceptors (Lipinski definition) is 2. The first kappa shape index (κ1) is 14.0. The fourth-order valence-electron chi connectivity index (χ4n) is 1.93. The summed E-state index contributed by atoms with van der Waals surface area (Å²) in [5.74, 6) is 0.132. The molecule has 0 bridgehead atoms. The zero-order valence-corrected chi connectivity index (χ0v) is 12.4. The maximum atomic E-state index is 14.0. The highest BCUT2D eigenvalue weighted by Crippen LogP contribution is 2.27. The number of methoxy groups -OCH3 is 1. The number of nitrogens with two attached hydrogens (primary N) is 1.